The summed E-state index contributed by atoms with van der Waals surface area (Å²) in [6.07, 6.45) is 12.7. The van der Waals surface area contributed by atoms with Gasteiger partial charge in [0.15, 0.2) is 0 Å². The lowest BCUT2D eigenvalue weighted by Gasteiger charge is -2.26. The summed E-state index contributed by atoms with van der Waals surface area (Å²) in [5, 5.41) is 0. The standard InChI is InChI=1S/C41H49NOS2/c1-6-8-10-12-14-33-28-31(4)44-41(33)39-29-34(15-13-11-9-7-2)40(45-39)32-18-22-36(23-19-32)42(35-20-16-30(3)17-21-35)37-24-26-38(43-5)27-25-37/h16-29H,6-15H2,1-5H3. The molecule has 0 radical (unpaired) electrons. The van der Waals surface area contributed by atoms with Crippen LogP contribution in [-0.2, 0) is 12.8 Å². The van der Waals surface area contributed by atoms with Gasteiger partial charge < -0.3 is 9.64 Å². The average molecular weight is 636 g/mol. The first-order valence-electron chi connectivity index (χ1n) is 16.8. The molecular formula is C41H49NOS2. The van der Waals surface area contributed by atoms with Crippen molar-refractivity contribution < 1.29 is 4.74 Å². The van der Waals surface area contributed by atoms with Crippen molar-refractivity contribution in [3.05, 3.63) is 106 Å². The van der Waals surface area contributed by atoms with Gasteiger partial charge in [-0.25, -0.2) is 0 Å². The van der Waals surface area contributed by atoms with E-state index < -0.39 is 0 Å². The largest absolute Gasteiger partial charge is 0.497 e. The normalized spacial score (nSPS) is 11.2. The molecule has 2 nitrogen and oxygen atoms in total. The molecule has 0 spiro atoms. The molecule has 2 aromatic heterocycles. The highest BCUT2D eigenvalue weighted by Gasteiger charge is 2.18. The third-order valence-electron chi connectivity index (χ3n) is 8.57. The Morgan fingerprint density at radius 3 is 1.67 bits per heavy atom. The molecule has 0 saturated carbocycles. The van der Waals surface area contributed by atoms with E-state index in [0.29, 0.717) is 0 Å². The van der Waals surface area contributed by atoms with Crippen LogP contribution in [0.4, 0.5) is 17.1 Å². The number of nitrogens with zero attached hydrogens (tertiary/aromatic N) is 1. The van der Waals surface area contributed by atoms with Crippen LogP contribution in [0.1, 0.15) is 86.8 Å². The minimum atomic E-state index is 0.864. The van der Waals surface area contributed by atoms with E-state index in [9.17, 15) is 0 Å². The minimum absolute atomic E-state index is 0.864. The number of benzene rings is 3. The van der Waals surface area contributed by atoms with Gasteiger partial charge in [-0.2, -0.15) is 0 Å². The molecule has 236 valence electrons. The molecule has 5 rings (SSSR count). The van der Waals surface area contributed by atoms with E-state index in [-0.39, 0.29) is 0 Å². The van der Waals surface area contributed by atoms with E-state index in [0.717, 1.165) is 29.2 Å². The topological polar surface area (TPSA) is 12.5 Å². The first kappa shape index (κ1) is 33.0. The quantitative estimate of drug-likeness (QED) is 0.100. The van der Waals surface area contributed by atoms with E-state index in [1.54, 1.807) is 12.7 Å². The van der Waals surface area contributed by atoms with E-state index in [2.05, 4.69) is 105 Å². The Labute approximate surface area is 279 Å². The van der Waals surface area contributed by atoms with Crippen LogP contribution in [-0.4, -0.2) is 7.11 Å². The number of anilines is 3. The molecule has 3 aromatic carbocycles. The molecule has 0 bridgehead atoms. The molecule has 0 aliphatic carbocycles. The van der Waals surface area contributed by atoms with Crippen molar-refractivity contribution in [3.8, 4) is 25.9 Å². The van der Waals surface area contributed by atoms with Crippen LogP contribution in [0.3, 0.4) is 0 Å². The van der Waals surface area contributed by atoms with Gasteiger partial charge in [0.25, 0.3) is 0 Å². The monoisotopic (exact) mass is 635 g/mol. The summed E-state index contributed by atoms with van der Waals surface area (Å²) in [5.74, 6) is 0.864. The zero-order valence-electron chi connectivity index (χ0n) is 27.8. The van der Waals surface area contributed by atoms with E-state index in [4.69, 9.17) is 4.74 Å². The smallest absolute Gasteiger partial charge is 0.119 e. The van der Waals surface area contributed by atoms with Gasteiger partial charge in [0.2, 0.25) is 0 Å². The first-order valence-corrected chi connectivity index (χ1v) is 18.5. The molecule has 0 saturated heterocycles. The average Bonchev–Trinajstić information content (AvgIpc) is 3.66. The zero-order chi connectivity index (χ0) is 31.6. The first-order chi connectivity index (χ1) is 22.0. The van der Waals surface area contributed by atoms with Crippen molar-refractivity contribution in [1.29, 1.82) is 0 Å². The summed E-state index contributed by atoms with van der Waals surface area (Å²) < 4.78 is 5.45. The molecule has 2 heterocycles. The number of thiophene rings is 2. The maximum absolute atomic E-state index is 5.45. The second-order valence-corrected chi connectivity index (χ2v) is 14.5. The number of unbranched alkanes of at least 4 members (excludes halogenated alkanes) is 6. The summed E-state index contributed by atoms with van der Waals surface area (Å²) in [6, 6.07) is 31.3. The van der Waals surface area contributed by atoms with Crippen molar-refractivity contribution >= 4 is 39.7 Å². The SMILES string of the molecule is CCCCCCc1cc(-c2sc(C)cc2CCCCCC)sc1-c1ccc(N(c2ccc(C)cc2)c2ccc(OC)cc2)cc1. The van der Waals surface area contributed by atoms with E-state index >= 15 is 0 Å². The molecule has 0 aliphatic heterocycles. The Morgan fingerprint density at radius 1 is 0.578 bits per heavy atom. The second-order valence-electron chi connectivity index (χ2n) is 12.2. The molecular weight excluding hydrogens is 587 g/mol. The summed E-state index contributed by atoms with van der Waals surface area (Å²) in [4.78, 5) is 8.13. The molecule has 0 unspecified atom stereocenters. The molecule has 5 aromatic rings. The fourth-order valence-electron chi connectivity index (χ4n) is 6.05. The van der Waals surface area contributed by atoms with Crippen LogP contribution in [0.15, 0.2) is 84.9 Å². The van der Waals surface area contributed by atoms with E-state index in [1.807, 2.05) is 34.8 Å². The predicted octanol–water partition coefficient (Wildman–Crippen LogP) is 13.5. The predicted molar refractivity (Wildman–Crippen MR) is 199 cm³/mol. The number of aryl methyl sites for hydroxylation is 4. The highest BCUT2D eigenvalue weighted by atomic mass is 32.1. The summed E-state index contributed by atoms with van der Waals surface area (Å²) in [7, 11) is 1.72. The summed E-state index contributed by atoms with van der Waals surface area (Å²) in [5.41, 5.74) is 9.04. The molecule has 0 N–H and O–H groups in total. The van der Waals surface area contributed by atoms with Crippen LogP contribution < -0.4 is 9.64 Å². The molecule has 0 amide bonds. The number of methoxy groups -OCH3 is 1. The molecule has 4 heteroatoms. The highest BCUT2D eigenvalue weighted by molar-refractivity contribution is 7.24. The molecule has 0 aliphatic rings. The van der Waals surface area contributed by atoms with Crippen molar-refractivity contribution in [2.24, 2.45) is 0 Å². The van der Waals surface area contributed by atoms with Crippen LogP contribution in [0.2, 0.25) is 0 Å². The maximum Gasteiger partial charge on any atom is 0.119 e. The number of hydrogen-bond donors (Lipinski definition) is 0. The lowest BCUT2D eigenvalue weighted by molar-refractivity contribution is 0.415. The fraction of sp³-hybridized carbons (Fsp3) is 0.366. The fourth-order valence-corrected chi connectivity index (χ4v) is 8.47. The van der Waals surface area contributed by atoms with Gasteiger partial charge >= 0.3 is 0 Å². The van der Waals surface area contributed by atoms with Crippen molar-refractivity contribution in [3.63, 3.8) is 0 Å². The Bertz CT molecular complexity index is 1610. The summed E-state index contributed by atoms with van der Waals surface area (Å²) in [6.45, 7) is 8.99. The maximum atomic E-state index is 5.45. The lowest BCUT2D eigenvalue weighted by atomic mass is 10.0. The second kappa shape index (κ2) is 16.3. The third kappa shape index (κ3) is 8.48. The van der Waals surface area contributed by atoms with Crippen LogP contribution in [0, 0.1) is 13.8 Å². The lowest BCUT2D eigenvalue weighted by Crippen LogP contribution is -2.09. The number of ether oxygens (including phenoxy) is 1. The molecule has 0 fully saturated rings. The van der Waals surface area contributed by atoms with Gasteiger partial charge in [-0.05, 0) is 117 Å². The number of rotatable bonds is 16. The van der Waals surface area contributed by atoms with Crippen molar-refractivity contribution in [2.45, 2.75) is 91.9 Å². The van der Waals surface area contributed by atoms with Crippen molar-refractivity contribution in [2.75, 3.05) is 12.0 Å². The van der Waals surface area contributed by atoms with Gasteiger partial charge in [-0.15, -0.1) is 22.7 Å². The third-order valence-corrected chi connectivity index (χ3v) is 11.1. The zero-order valence-corrected chi connectivity index (χ0v) is 29.5. The molecule has 45 heavy (non-hydrogen) atoms. The van der Waals surface area contributed by atoms with Crippen LogP contribution in [0.25, 0.3) is 20.2 Å². The number of hydrogen-bond acceptors (Lipinski definition) is 4. The Hall–Kier alpha value is -3.34. The van der Waals surface area contributed by atoms with Gasteiger partial charge in [0, 0.05) is 36.6 Å². The summed E-state index contributed by atoms with van der Waals surface area (Å²) >= 11 is 3.98. The Morgan fingerprint density at radius 2 is 1.11 bits per heavy atom. The highest BCUT2D eigenvalue weighted by Crippen LogP contribution is 2.44. The van der Waals surface area contributed by atoms with Crippen LogP contribution >= 0.6 is 22.7 Å². The van der Waals surface area contributed by atoms with E-state index in [1.165, 1.54) is 94.0 Å². The Kier molecular flexibility index (Phi) is 12.0. The minimum Gasteiger partial charge on any atom is -0.497 e. The van der Waals surface area contributed by atoms with Gasteiger partial charge in [0.1, 0.15) is 5.75 Å². The van der Waals surface area contributed by atoms with Crippen LogP contribution in [0.5, 0.6) is 5.75 Å². The van der Waals surface area contributed by atoms with Gasteiger partial charge in [-0.1, -0.05) is 82.2 Å². The van der Waals surface area contributed by atoms with Gasteiger partial charge in [-0.3, -0.25) is 0 Å². The van der Waals surface area contributed by atoms with Crippen molar-refractivity contribution in [1.82, 2.24) is 0 Å². The Balaban J connectivity index is 1.49. The van der Waals surface area contributed by atoms with Gasteiger partial charge in [0.05, 0.1) is 7.11 Å². The molecule has 0 atom stereocenters.